The standard InChI is InChI=1S/C15H19NO5/c1-3-21-14(20)15(9-10-17,16-11(2)13(18)19)12-7-5-4-6-8-12/h4-8,10-11,16H,3,9H2,1-2H3,(H,18,19). The van der Waals surface area contributed by atoms with Crippen molar-refractivity contribution >= 4 is 18.2 Å². The number of esters is 1. The molecule has 0 aliphatic heterocycles. The maximum Gasteiger partial charge on any atom is 0.331 e. The summed E-state index contributed by atoms with van der Waals surface area (Å²) in [5.74, 6) is -1.79. The van der Waals surface area contributed by atoms with Crippen LogP contribution in [0.2, 0.25) is 0 Å². The van der Waals surface area contributed by atoms with Gasteiger partial charge >= 0.3 is 11.9 Å². The Labute approximate surface area is 123 Å². The molecule has 1 rings (SSSR count). The highest BCUT2D eigenvalue weighted by Crippen LogP contribution is 2.27. The maximum absolute atomic E-state index is 12.4. The van der Waals surface area contributed by atoms with Crippen LogP contribution in [0.1, 0.15) is 25.8 Å². The Balaban J connectivity index is 3.31. The van der Waals surface area contributed by atoms with Crippen molar-refractivity contribution in [3.63, 3.8) is 0 Å². The van der Waals surface area contributed by atoms with Gasteiger partial charge in [-0.25, -0.2) is 4.79 Å². The number of carbonyl (C=O) groups excluding carboxylic acids is 2. The molecule has 6 heteroatoms. The lowest BCUT2D eigenvalue weighted by Gasteiger charge is -2.33. The zero-order valence-corrected chi connectivity index (χ0v) is 12.0. The minimum atomic E-state index is -1.50. The van der Waals surface area contributed by atoms with E-state index in [1.807, 2.05) is 0 Å². The third-order valence-electron chi connectivity index (χ3n) is 3.11. The van der Waals surface area contributed by atoms with Crippen molar-refractivity contribution in [1.82, 2.24) is 5.32 Å². The summed E-state index contributed by atoms with van der Waals surface area (Å²) in [5, 5.41) is 11.8. The van der Waals surface area contributed by atoms with E-state index in [9.17, 15) is 14.4 Å². The fourth-order valence-corrected chi connectivity index (χ4v) is 2.05. The Morgan fingerprint density at radius 1 is 1.38 bits per heavy atom. The Morgan fingerprint density at radius 2 is 2.00 bits per heavy atom. The van der Waals surface area contributed by atoms with Crippen molar-refractivity contribution in [3.8, 4) is 0 Å². The highest BCUT2D eigenvalue weighted by molar-refractivity contribution is 5.86. The number of hydrogen-bond donors (Lipinski definition) is 2. The summed E-state index contributed by atoms with van der Waals surface area (Å²) in [6, 6.07) is 7.47. The number of ether oxygens (including phenoxy) is 1. The molecular formula is C15H19NO5. The molecule has 21 heavy (non-hydrogen) atoms. The lowest BCUT2D eigenvalue weighted by Crippen LogP contribution is -2.55. The number of hydrogen-bond acceptors (Lipinski definition) is 5. The second kappa shape index (κ2) is 7.54. The molecule has 0 heterocycles. The third-order valence-corrected chi connectivity index (χ3v) is 3.11. The Hall–Kier alpha value is -2.21. The van der Waals surface area contributed by atoms with Crippen LogP contribution in [-0.4, -0.2) is 36.0 Å². The van der Waals surface area contributed by atoms with Crippen LogP contribution >= 0.6 is 0 Å². The van der Waals surface area contributed by atoms with Crippen molar-refractivity contribution in [2.24, 2.45) is 0 Å². The monoisotopic (exact) mass is 293 g/mol. The summed E-state index contributed by atoms with van der Waals surface area (Å²) in [7, 11) is 0. The minimum absolute atomic E-state index is 0.134. The fraction of sp³-hybridized carbons (Fsp3) is 0.400. The van der Waals surface area contributed by atoms with Crippen molar-refractivity contribution < 1.29 is 24.2 Å². The summed E-state index contributed by atoms with van der Waals surface area (Å²) in [6.45, 7) is 3.19. The van der Waals surface area contributed by atoms with Crippen molar-refractivity contribution in [2.75, 3.05) is 6.61 Å². The van der Waals surface area contributed by atoms with Gasteiger partial charge in [-0.2, -0.15) is 0 Å². The van der Waals surface area contributed by atoms with E-state index in [0.717, 1.165) is 0 Å². The van der Waals surface area contributed by atoms with Gasteiger partial charge in [-0.1, -0.05) is 30.3 Å². The van der Waals surface area contributed by atoms with Crippen molar-refractivity contribution in [3.05, 3.63) is 35.9 Å². The molecule has 1 aromatic carbocycles. The maximum atomic E-state index is 12.4. The van der Waals surface area contributed by atoms with Crippen LogP contribution in [0.5, 0.6) is 0 Å². The van der Waals surface area contributed by atoms with Gasteiger partial charge in [0.2, 0.25) is 0 Å². The van der Waals surface area contributed by atoms with E-state index in [4.69, 9.17) is 9.84 Å². The van der Waals surface area contributed by atoms with Gasteiger partial charge in [-0.3, -0.25) is 10.1 Å². The topological polar surface area (TPSA) is 92.7 Å². The van der Waals surface area contributed by atoms with Gasteiger partial charge in [0.25, 0.3) is 0 Å². The molecule has 0 saturated carbocycles. The number of carboxylic acid groups (broad SMARTS) is 1. The molecule has 6 nitrogen and oxygen atoms in total. The summed E-state index contributed by atoms with van der Waals surface area (Å²) in [4.78, 5) is 34.5. The predicted molar refractivity (Wildman–Crippen MR) is 75.7 cm³/mol. The summed E-state index contributed by atoms with van der Waals surface area (Å²) in [5.41, 5.74) is -1.01. The molecule has 0 saturated heterocycles. The van der Waals surface area contributed by atoms with Gasteiger partial charge < -0.3 is 14.6 Å². The van der Waals surface area contributed by atoms with Gasteiger partial charge in [-0.15, -0.1) is 0 Å². The van der Waals surface area contributed by atoms with Gasteiger partial charge in [0.15, 0.2) is 0 Å². The van der Waals surface area contributed by atoms with Gasteiger partial charge in [0.05, 0.1) is 6.61 Å². The summed E-state index contributed by atoms with van der Waals surface area (Å²) in [6.07, 6.45) is 0.360. The average molecular weight is 293 g/mol. The van der Waals surface area contributed by atoms with Crippen LogP contribution in [0.4, 0.5) is 0 Å². The highest BCUT2D eigenvalue weighted by Gasteiger charge is 2.43. The molecule has 0 bridgehead atoms. The molecule has 0 aromatic heterocycles. The van der Waals surface area contributed by atoms with E-state index in [1.54, 1.807) is 37.3 Å². The van der Waals surface area contributed by atoms with Crippen molar-refractivity contribution in [1.29, 1.82) is 0 Å². The van der Waals surface area contributed by atoms with Crippen LogP contribution in [0, 0.1) is 0 Å². The lowest BCUT2D eigenvalue weighted by atomic mass is 9.86. The largest absolute Gasteiger partial charge is 0.480 e. The van der Waals surface area contributed by atoms with E-state index >= 15 is 0 Å². The fourth-order valence-electron chi connectivity index (χ4n) is 2.05. The smallest absolute Gasteiger partial charge is 0.331 e. The molecule has 114 valence electrons. The van der Waals surface area contributed by atoms with Gasteiger partial charge in [0.1, 0.15) is 17.9 Å². The zero-order valence-electron chi connectivity index (χ0n) is 12.0. The average Bonchev–Trinajstić information content (AvgIpc) is 2.47. The first-order valence-electron chi connectivity index (χ1n) is 6.64. The Kier molecular flexibility index (Phi) is 6.05. The van der Waals surface area contributed by atoms with Crippen LogP contribution in [0.25, 0.3) is 0 Å². The highest BCUT2D eigenvalue weighted by atomic mass is 16.5. The molecule has 0 aliphatic rings. The number of aldehydes is 1. The van der Waals surface area contributed by atoms with E-state index in [0.29, 0.717) is 11.8 Å². The number of rotatable bonds is 8. The quantitative estimate of drug-likeness (QED) is 0.550. The van der Waals surface area contributed by atoms with E-state index < -0.39 is 23.5 Å². The molecule has 2 unspecified atom stereocenters. The van der Waals surface area contributed by atoms with Crippen molar-refractivity contribution in [2.45, 2.75) is 31.8 Å². The molecular weight excluding hydrogens is 274 g/mol. The van der Waals surface area contributed by atoms with E-state index in [1.165, 1.54) is 6.92 Å². The predicted octanol–water partition coefficient (Wildman–Crippen LogP) is 1.10. The molecule has 0 spiro atoms. The molecule has 1 aromatic rings. The summed E-state index contributed by atoms with van der Waals surface area (Å²) >= 11 is 0. The van der Waals surface area contributed by atoms with E-state index in [2.05, 4.69) is 5.32 Å². The second-order valence-corrected chi connectivity index (χ2v) is 4.57. The van der Waals surface area contributed by atoms with Crippen LogP contribution in [0.3, 0.4) is 0 Å². The zero-order chi connectivity index (χ0) is 15.9. The van der Waals surface area contributed by atoms with E-state index in [-0.39, 0.29) is 13.0 Å². The van der Waals surface area contributed by atoms with Crippen LogP contribution in [0.15, 0.2) is 30.3 Å². The van der Waals surface area contributed by atoms with Gasteiger partial charge in [0, 0.05) is 6.42 Å². The number of carbonyl (C=O) groups is 3. The van der Waals surface area contributed by atoms with Crippen LogP contribution in [-0.2, 0) is 24.7 Å². The number of aliphatic carboxylic acids is 1. The SMILES string of the molecule is CCOC(=O)C(CC=O)(NC(C)C(=O)O)c1ccccc1. The second-order valence-electron chi connectivity index (χ2n) is 4.57. The van der Waals surface area contributed by atoms with Gasteiger partial charge in [-0.05, 0) is 19.4 Å². The number of carboxylic acids is 1. The Bertz CT molecular complexity index is 502. The molecule has 0 radical (unpaired) electrons. The first-order valence-corrected chi connectivity index (χ1v) is 6.64. The van der Waals surface area contributed by atoms with Crippen LogP contribution < -0.4 is 5.32 Å². The Morgan fingerprint density at radius 3 is 2.48 bits per heavy atom. The first kappa shape index (κ1) is 16.8. The molecule has 0 amide bonds. The molecule has 0 fully saturated rings. The normalized spacial score (nSPS) is 14.8. The summed E-state index contributed by atoms with van der Waals surface area (Å²) < 4.78 is 5.04. The lowest BCUT2D eigenvalue weighted by molar-refractivity contribution is -0.154. The number of nitrogens with one attached hydrogen (secondary N) is 1. The molecule has 2 N–H and O–H groups in total. The molecule has 0 aliphatic carbocycles. The molecule has 2 atom stereocenters. The minimum Gasteiger partial charge on any atom is -0.480 e. The number of benzene rings is 1. The first-order chi connectivity index (χ1) is 9.97. The third kappa shape index (κ3) is 3.88.